The van der Waals surface area contributed by atoms with Crippen molar-refractivity contribution in [1.29, 1.82) is 0 Å². The molecular weight excluding hydrogens is 474 g/mol. The predicted octanol–water partition coefficient (Wildman–Crippen LogP) is 4.40. The maximum absolute atomic E-state index is 13.5. The van der Waals surface area contributed by atoms with Crippen LogP contribution in [0.4, 0.5) is 5.69 Å². The molecule has 1 unspecified atom stereocenters. The summed E-state index contributed by atoms with van der Waals surface area (Å²) in [6, 6.07) is 23.0. The largest absolute Gasteiger partial charge is 0.449 e. The van der Waals surface area contributed by atoms with Crippen molar-refractivity contribution in [3.05, 3.63) is 101 Å². The summed E-state index contributed by atoms with van der Waals surface area (Å²) in [4.78, 5) is 29.3. The molecule has 0 spiro atoms. The van der Waals surface area contributed by atoms with Gasteiger partial charge >= 0.3 is 0 Å². The fourth-order valence-electron chi connectivity index (χ4n) is 4.48. The number of unbranched alkanes of at least 4 members (excludes halogenated alkanes) is 1. The van der Waals surface area contributed by atoms with Crippen LogP contribution < -0.4 is 19.9 Å². The fourth-order valence-corrected chi connectivity index (χ4v) is 4.48. The van der Waals surface area contributed by atoms with Crippen molar-refractivity contribution in [2.24, 2.45) is 0 Å². The molecule has 6 nitrogen and oxygen atoms in total. The normalized spacial score (nSPS) is 14.7. The number of aryl methyl sites for hydroxylation is 1. The molecule has 0 saturated heterocycles. The van der Waals surface area contributed by atoms with Crippen molar-refractivity contribution >= 4 is 23.6 Å². The van der Waals surface area contributed by atoms with Crippen molar-refractivity contribution in [2.75, 3.05) is 31.6 Å². The van der Waals surface area contributed by atoms with Gasteiger partial charge in [-0.05, 0) is 54.8 Å². The Balaban J connectivity index is 1.41. The first-order valence-electron chi connectivity index (χ1n) is 13.5. The molecule has 0 radical (unpaired) electrons. The lowest BCUT2D eigenvalue weighted by Gasteiger charge is -2.30. The van der Waals surface area contributed by atoms with E-state index < -0.39 is 0 Å². The number of quaternary nitrogens is 1. The van der Waals surface area contributed by atoms with Gasteiger partial charge in [-0.15, -0.1) is 0 Å². The van der Waals surface area contributed by atoms with Crippen LogP contribution in [0.15, 0.2) is 78.6 Å². The molecule has 0 aliphatic carbocycles. The SMILES string of the molecule is CCCC[NH+](C)CCCNC(=O)c1ccc(C=C2Oc3ccccc3N(Cc3ccc(C)cc3)C2=O)cc1. The van der Waals surface area contributed by atoms with E-state index >= 15 is 0 Å². The average molecular weight is 513 g/mol. The molecule has 2 N–H and O–H groups in total. The number of carbonyl (C=O) groups is 2. The molecule has 3 aromatic rings. The number of ether oxygens (including phenoxy) is 1. The molecule has 4 rings (SSSR count). The van der Waals surface area contributed by atoms with Crippen molar-refractivity contribution in [3.8, 4) is 5.75 Å². The first-order chi connectivity index (χ1) is 18.4. The van der Waals surface area contributed by atoms with E-state index in [9.17, 15) is 9.59 Å². The second-order valence-electron chi connectivity index (χ2n) is 10.00. The molecule has 1 heterocycles. The first-order valence-corrected chi connectivity index (χ1v) is 13.5. The number of amides is 2. The Labute approximate surface area is 225 Å². The zero-order valence-electron chi connectivity index (χ0n) is 22.6. The summed E-state index contributed by atoms with van der Waals surface area (Å²) in [5, 5.41) is 3.01. The van der Waals surface area contributed by atoms with Crippen LogP contribution in [0.3, 0.4) is 0 Å². The van der Waals surface area contributed by atoms with Gasteiger partial charge in [0.25, 0.3) is 11.8 Å². The Morgan fingerprint density at radius 3 is 2.42 bits per heavy atom. The minimum atomic E-state index is -0.197. The van der Waals surface area contributed by atoms with Gasteiger partial charge in [0.2, 0.25) is 0 Å². The van der Waals surface area contributed by atoms with Gasteiger partial charge in [-0.1, -0.05) is 67.4 Å². The average Bonchev–Trinajstić information content (AvgIpc) is 2.93. The lowest BCUT2D eigenvalue weighted by atomic mass is 10.1. The molecule has 6 heteroatoms. The van der Waals surface area contributed by atoms with Crippen molar-refractivity contribution < 1.29 is 19.2 Å². The fraction of sp³-hybridized carbons (Fsp3) is 0.312. The Hall–Kier alpha value is -3.90. The molecule has 3 aromatic carbocycles. The van der Waals surface area contributed by atoms with Crippen molar-refractivity contribution in [1.82, 2.24) is 5.32 Å². The highest BCUT2D eigenvalue weighted by Gasteiger charge is 2.30. The Morgan fingerprint density at radius 2 is 1.68 bits per heavy atom. The summed E-state index contributed by atoms with van der Waals surface area (Å²) in [6.07, 6.45) is 5.12. The van der Waals surface area contributed by atoms with Gasteiger partial charge in [-0.25, -0.2) is 0 Å². The zero-order valence-corrected chi connectivity index (χ0v) is 22.6. The van der Waals surface area contributed by atoms with Crippen LogP contribution in [0.25, 0.3) is 6.08 Å². The molecule has 38 heavy (non-hydrogen) atoms. The number of rotatable bonds is 11. The van der Waals surface area contributed by atoms with E-state index in [1.54, 1.807) is 23.1 Å². The van der Waals surface area contributed by atoms with Crippen LogP contribution in [-0.2, 0) is 11.3 Å². The van der Waals surface area contributed by atoms with E-state index in [1.807, 2.05) is 67.6 Å². The van der Waals surface area contributed by atoms with E-state index in [-0.39, 0.29) is 17.6 Å². The predicted molar refractivity (Wildman–Crippen MR) is 152 cm³/mol. The highest BCUT2D eigenvalue weighted by atomic mass is 16.5. The van der Waals surface area contributed by atoms with Gasteiger partial charge in [-0.3, -0.25) is 14.5 Å². The standard InChI is InChI=1S/C32H37N3O3/c1-4-5-20-34(3)21-8-19-33-31(36)27-17-15-25(16-18-27)22-30-32(37)35(23-26-13-11-24(2)12-14-26)28-9-6-7-10-29(28)38-30/h6-7,9-18,22H,4-5,8,19-21,23H2,1-3H3,(H,33,36)/p+1. The van der Waals surface area contributed by atoms with Crippen molar-refractivity contribution in [3.63, 3.8) is 0 Å². The first kappa shape index (κ1) is 27.1. The number of para-hydroxylation sites is 2. The quantitative estimate of drug-likeness (QED) is 0.296. The van der Waals surface area contributed by atoms with E-state index in [2.05, 4.69) is 19.3 Å². The van der Waals surface area contributed by atoms with Gasteiger partial charge in [0.1, 0.15) is 0 Å². The van der Waals surface area contributed by atoms with Gasteiger partial charge in [0.05, 0.1) is 32.4 Å². The molecule has 1 aliphatic heterocycles. The number of carbonyl (C=O) groups excluding carboxylic acids is 2. The molecule has 0 bridgehead atoms. The summed E-state index contributed by atoms with van der Waals surface area (Å²) in [5.74, 6) is 0.613. The van der Waals surface area contributed by atoms with E-state index in [4.69, 9.17) is 4.74 Å². The molecule has 0 saturated carbocycles. The van der Waals surface area contributed by atoms with Gasteiger partial charge in [0.15, 0.2) is 11.5 Å². The Bertz CT molecular complexity index is 1270. The number of anilines is 1. The number of nitrogens with zero attached hydrogens (tertiary/aromatic N) is 1. The number of fused-ring (bicyclic) bond motifs is 1. The second kappa shape index (κ2) is 13.1. The monoisotopic (exact) mass is 512 g/mol. The van der Waals surface area contributed by atoms with Gasteiger partial charge in [-0.2, -0.15) is 0 Å². The molecule has 1 atom stereocenters. The van der Waals surface area contributed by atoms with E-state index in [1.165, 1.54) is 29.8 Å². The Morgan fingerprint density at radius 1 is 0.974 bits per heavy atom. The number of hydrogen-bond donors (Lipinski definition) is 2. The number of benzene rings is 3. The van der Waals surface area contributed by atoms with Gasteiger partial charge in [0, 0.05) is 18.5 Å². The van der Waals surface area contributed by atoms with Crippen LogP contribution >= 0.6 is 0 Å². The third-order valence-electron chi connectivity index (χ3n) is 6.79. The summed E-state index contributed by atoms with van der Waals surface area (Å²) in [5.41, 5.74) is 4.36. The lowest BCUT2D eigenvalue weighted by Crippen LogP contribution is -3.09. The smallest absolute Gasteiger partial charge is 0.294 e. The molecular formula is C32H38N3O3+. The molecule has 198 valence electrons. The van der Waals surface area contributed by atoms with Crippen LogP contribution in [0.2, 0.25) is 0 Å². The lowest BCUT2D eigenvalue weighted by molar-refractivity contribution is -0.879. The van der Waals surface area contributed by atoms with Crippen LogP contribution in [-0.4, -0.2) is 38.5 Å². The molecule has 0 fully saturated rings. The van der Waals surface area contributed by atoms with Gasteiger partial charge < -0.3 is 15.0 Å². The topological polar surface area (TPSA) is 63.1 Å². The van der Waals surface area contributed by atoms with Crippen molar-refractivity contribution in [2.45, 2.75) is 39.7 Å². The summed E-state index contributed by atoms with van der Waals surface area (Å²) in [6.45, 7) is 7.58. The maximum atomic E-state index is 13.5. The van der Waals surface area contributed by atoms with E-state index in [0.717, 1.165) is 29.8 Å². The minimum absolute atomic E-state index is 0.0846. The summed E-state index contributed by atoms with van der Waals surface area (Å²) >= 11 is 0. The highest BCUT2D eigenvalue weighted by molar-refractivity contribution is 6.09. The summed E-state index contributed by atoms with van der Waals surface area (Å²) < 4.78 is 6.01. The van der Waals surface area contributed by atoms with E-state index in [0.29, 0.717) is 24.4 Å². The number of nitrogens with one attached hydrogen (secondary N) is 2. The minimum Gasteiger partial charge on any atom is -0.449 e. The second-order valence-corrected chi connectivity index (χ2v) is 10.00. The number of hydrogen-bond acceptors (Lipinski definition) is 3. The van der Waals surface area contributed by atoms with Crippen LogP contribution in [0, 0.1) is 6.92 Å². The summed E-state index contributed by atoms with van der Waals surface area (Å²) in [7, 11) is 2.20. The molecule has 2 amide bonds. The highest BCUT2D eigenvalue weighted by Crippen LogP contribution is 2.36. The zero-order chi connectivity index (χ0) is 26.9. The third-order valence-corrected chi connectivity index (χ3v) is 6.79. The van der Waals surface area contributed by atoms with Crippen LogP contribution in [0.1, 0.15) is 53.2 Å². The maximum Gasteiger partial charge on any atom is 0.294 e. The molecule has 1 aliphatic rings. The van der Waals surface area contributed by atoms with Crippen LogP contribution in [0.5, 0.6) is 5.75 Å². The Kier molecular flexibility index (Phi) is 9.33. The molecule has 0 aromatic heterocycles. The third kappa shape index (κ3) is 7.11.